The summed E-state index contributed by atoms with van der Waals surface area (Å²) in [6.45, 7) is 0. The van der Waals surface area contributed by atoms with E-state index in [0.29, 0.717) is 48.6 Å². The van der Waals surface area contributed by atoms with Crippen molar-refractivity contribution >= 4 is 21.5 Å². The SMILES string of the molecule is CN(C)S(=O)(=O)c1cc(C(F)(F)F)ccc1C1=CCC(C2=C(Cc3ccccc3)C(=O)NC(O)N2)CC1. The van der Waals surface area contributed by atoms with E-state index in [1.54, 1.807) is 6.08 Å². The van der Waals surface area contributed by atoms with Crippen LogP contribution in [0.2, 0.25) is 0 Å². The Hall–Kier alpha value is -3.15. The molecular formula is C26H28F3N3O4S. The molecule has 3 N–H and O–H groups in total. The second-order valence-corrected chi connectivity index (χ2v) is 11.4. The van der Waals surface area contributed by atoms with Gasteiger partial charge in [0, 0.05) is 37.7 Å². The first kappa shape index (κ1) is 26.9. The maximum Gasteiger partial charge on any atom is 0.416 e. The molecule has 198 valence electrons. The molecule has 0 aromatic heterocycles. The number of aliphatic hydroxyl groups is 1. The van der Waals surface area contributed by atoms with Crippen LogP contribution in [0.25, 0.3) is 5.57 Å². The number of halogens is 3. The Balaban J connectivity index is 1.69. The normalized spacial score (nSPS) is 20.9. The van der Waals surface area contributed by atoms with E-state index in [1.165, 1.54) is 20.2 Å². The molecule has 0 saturated heterocycles. The number of hydrogen-bond donors (Lipinski definition) is 3. The van der Waals surface area contributed by atoms with Crippen molar-refractivity contribution in [3.8, 4) is 0 Å². The molecule has 37 heavy (non-hydrogen) atoms. The van der Waals surface area contributed by atoms with Crippen LogP contribution in [0.1, 0.15) is 36.0 Å². The lowest BCUT2D eigenvalue weighted by molar-refractivity contribution is -0.137. The van der Waals surface area contributed by atoms with Gasteiger partial charge in [-0.05, 0) is 48.1 Å². The average Bonchev–Trinajstić information content (AvgIpc) is 2.85. The molecule has 11 heteroatoms. The van der Waals surface area contributed by atoms with Gasteiger partial charge in [-0.25, -0.2) is 12.7 Å². The first-order valence-corrected chi connectivity index (χ1v) is 13.2. The number of allylic oxidation sites excluding steroid dienone is 3. The number of rotatable bonds is 6. The number of nitrogens with zero attached hydrogens (tertiary/aromatic N) is 1. The minimum Gasteiger partial charge on any atom is -0.356 e. The van der Waals surface area contributed by atoms with Crippen molar-refractivity contribution in [1.82, 2.24) is 14.9 Å². The van der Waals surface area contributed by atoms with Crippen molar-refractivity contribution in [3.63, 3.8) is 0 Å². The minimum atomic E-state index is -4.68. The summed E-state index contributed by atoms with van der Waals surface area (Å²) in [7, 11) is -1.60. The van der Waals surface area contributed by atoms with E-state index in [0.717, 1.165) is 15.9 Å². The maximum atomic E-state index is 13.4. The van der Waals surface area contributed by atoms with Crippen molar-refractivity contribution < 1.29 is 31.5 Å². The van der Waals surface area contributed by atoms with Gasteiger partial charge in [0.05, 0.1) is 10.5 Å². The number of sulfonamides is 1. The monoisotopic (exact) mass is 535 g/mol. The number of aliphatic hydroxyl groups excluding tert-OH is 1. The molecule has 2 unspecified atom stereocenters. The summed E-state index contributed by atoms with van der Waals surface area (Å²) in [5.41, 5.74) is 1.86. The number of benzene rings is 2. The first-order chi connectivity index (χ1) is 17.4. The molecule has 1 heterocycles. The van der Waals surface area contributed by atoms with E-state index < -0.39 is 33.0 Å². The summed E-state index contributed by atoms with van der Waals surface area (Å²) >= 11 is 0. The summed E-state index contributed by atoms with van der Waals surface area (Å²) < 4.78 is 66.8. The molecule has 2 atom stereocenters. The number of nitrogens with one attached hydrogen (secondary N) is 2. The number of carbonyl (C=O) groups is 1. The number of amides is 1. The Morgan fingerprint density at radius 2 is 1.78 bits per heavy atom. The van der Waals surface area contributed by atoms with Crippen molar-refractivity contribution in [2.75, 3.05) is 14.1 Å². The molecule has 2 aliphatic rings. The average molecular weight is 536 g/mol. The third-order valence-electron chi connectivity index (χ3n) is 6.62. The van der Waals surface area contributed by atoms with E-state index in [2.05, 4.69) is 10.6 Å². The lowest BCUT2D eigenvalue weighted by Gasteiger charge is -2.33. The van der Waals surface area contributed by atoms with Gasteiger partial charge < -0.3 is 15.7 Å². The molecule has 7 nitrogen and oxygen atoms in total. The molecule has 1 aliphatic carbocycles. The standard InChI is InChI=1S/C26H28F3N3O4S/c1-32(2)37(35,36)22-15-19(26(27,28)29)12-13-20(22)17-8-10-18(11-9-17)23-21(24(33)31-25(34)30-23)14-16-6-4-3-5-7-16/h3-8,12-13,15,18,25,30,34H,9-11,14H2,1-2H3,(H,31,33). The van der Waals surface area contributed by atoms with Gasteiger partial charge in [0.1, 0.15) is 0 Å². The zero-order chi connectivity index (χ0) is 27.0. The topological polar surface area (TPSA) is 98.7 Å². The fourth-order valence-corrected chi connectivity index (χ4v) is 5.81. The summed E-state index contributed by atoms with van der Waals surface area (Å²) in [4.78, 5) is 12.3. The van der Waals surface area contributed by atoms with Crippen LogP contribution in [0.3, 0.4) is 0 Å². The van der Waals surface area contributed by atoms with E-state index in [9.17, 15) is 31.5 Å². The van der Waals surface area contributed by atoms with Crippen molar-refractivity contribution in [2.24, 2.45) is 5.92 Å². The van der Waals surface area contributed by atoms with E-state index >= 15 is 0 Å². The first-order valence-electron chi connectivity index (χ1n) is 11.7. The Labute approximate surface area is 213 Å². The lowest BCUT2D eigenvalue weighted by atomic mass is 9.82. The Kier molecular flexibility index (Phi) is 7.50. The Morgan fingerprint density at radius 1 is 1.08 bits per heavy atom. The highest BCUT2D eigenvalue weighted by Gasteiger charge is 2.35. The van der Waals surface area contributed by atoms with Gasteiger partial charge in [0.25, 0.3) is 5.91 Å². The number of alkyl halides is 3. The highest BCUT2D eigenvalue weighted by Crippen LogP contribution is 2.40. The third kappa shape index (κ3) is 5.73. The molecule has 0 fully saturated rings. The van der Waals surface area contributed by atoms with Gasteiger partial charge in [-0.15, -0.1) is 0 Å². The zero-order valence-corrected chi connectivity index (χ0v) is 21.2. The van der Waals surface area contributed by atoms with Gasteiger partial charge in [-0.1, -0.05) is 42.5 Å². The highest BCUT2D eigenvalue weighted by atomic mass is 32.2. The molecule has 0 spiro atoms. The van der Waals surface area contributed by atoms with Crippen molar-refractivity contribution in [3.05, 3.63) is 82.6 Å². The molecule has 2 aromatic rings. The van der Waals surface area contributed by atoms with E-state index in [-0.39, 0.29) is 17.4 Å². The van der Waals surface area contributed by atoms with Gasteiger partial charge in [0.2, 0.25) is 16.4 Å². The fraction of sp³-hybridized carbons (Fsp3) is 0.346. The van der Waals surface area contributed by atoms with Crippen molar-refractivity contribution in [2.45, 2.75) is 43.1 Å². The van der Waals surface area contributed by atoms with Crippen LogP contribution in [0.4, 0.5) is 13.2 Å². The number of carbonyl (C=O) groups excluding carboxylic acids is 1. The van der Waals surface area contributed by atoms with Crippen LogP contribution < -0.4 is 10.6 Å². The summed E-state index contributed by atoms with van der Waals surface area (Å²) in [6.07, 6.45) is -2.45. The Bertz CT molecular complexity index is 1350. The van der Waals surface area contributed by atoms with E-state index in [1.807, 2.05) is 30.3 Å². The summed E-state index contributed by atoms with van der Waals surface area (Å²) in [5, 5.41) is 15.5. The third-order valence-corrected chi connectivity index (χ3v) is 8.47. The van der Waals surface area contributed by atoms with Crippen LogP contribution in [-0.2, 0) is 27.4 Å². The predicted molar refractivity (Wildman–Crippen MR) is 132 cm³/mol. The van der Waals surface area contributed by atoms with E-state index in [4.69, 9.17) is 0 Å². The van der Waals surface area contributed by atoms with Crippen LogP contribution in [0.15, 0.2) is 70.8 Å². The zero-order valence-electron chi connectivity index (χ0n) is 20.3. The molecule has 0 saturated carbocycles. The van der Waals surface area contributed by atoms with Crippen LogP contribution >= 0.6 is 0 Å². The summed E-state index contributed by atoms with van der Waals surface area (Å²) in [6, 6.07) is 12.2. The molecule has 1 amide bonds. The van der Waals surface area contributed by atoms with Crippen LogP contribution in [0.5, 0.6) is 0 Å². The maximum absolute atomic E-state index is 13.4. The van der Waals surface area contributed by atoms with Gasteiger partial charge in [-0.3, -0.25) is 4.79 Å². The second-order valence-electron chi connectivity index (χ2n) is 9.27. The van der Waals surface area contributed by atoms with Crippen molar-refractivity contribution in [1.29, 1.82) is 0 Å². The van der Waals surface area contributed by atoms with Gasteiger partial charge >= 0.3 is 6.18 Å². The number of hydrogen-bond acceptors (Lipinski definition) is 5. The smallest absolute Gasteiger partial charge is 0.356 e. The second kappa shape index (κ2) is 10.3. The molecule has 0 radical (unpaired) electrons. The van der Waals surface area contributed by atoms with Gasteiger partial charge in [0.15, 0.2) is 0 Å². The molecule has 0 bridgehead atoms. The molecule has 2 aromatic carbocycles. The lowest BCUT2D eigenvalue weighted by Crippen LogP contribution is -2.52. The fourth-order valence-electron chi connectivity index (χ4n) is 4.66. The van der Waals surface area contributed by atoms with Crippen LogP contribution in [-0.4, -0.2) is 44.2 Å². The quantitative estimate of drug-likeness (QED) is 0.525. The highest BCUT2D eigenvalue weighted by molar-refractivity contribution is 7.89. The van der Waals surface area contributed by atoms with Crippen LogP contribution in [0, 0.1) is 5.92 Å². The van der Waals surface area contributed by atoms with Gasteiger partial charge in [-0.2, -0.15) is 13.2 Å². The predicted octanol–water partition coefficient (Wildman–Crippen LogP) is 3.63. The Morgan fingerprint density at radius 3 is 2.38 bits per heavy atom. The molecular weight excluding hydrogens is 507 g/mol. The molecule has 1 aliphatic heterocycles. The minimum absolute atomic E-state index is 0.161. The molecule has 4 rings (SSSR count). The largest absolute Gasteiger partial charge is 0.416 e. The summed E-state index contributed by atoms with van der Waals surface area (Å²) in [5.74, 6) is -0.534.